The molecule has 0 bridgehead atoms. The molecule has 0 unspecified atom stereocenters. The quantitative estimate of drug-likeness (QED) is 0.869. The fraction of sp³-hybridized carbons (Fsp3) is 0.667. The Kier molecular flexibility index (Phi) is 4.55. The molecule has 1 aromatic rings. The maximum Gasteiger partial charge on any atom is 0.240 e. The highest BCUT2D eigenvalue weighted by atomic mass is 32.2. The number of rotatable bonds is 5. The summed E-state index contributed by atoms with van der Waals surface area (Å²) in [7, 11) is -1.93. The van der Waals surface area contributed by atoms with Crippen molar-refractivity contribution in [2.24, 2.45) is 17.3 Å². The predicted octanol–water partition coefficient (Wildman–Crippen LogP) is 2.90. The van der Waals surface area contributed by atoms with E-state index in [-0.39, 0.29) is 0 Å². The van der Waals surface area contributed by atoms with Crippen LogP contribution in [0, 0.1) is 17.3 Å². The van der Waals surface area contributed by atoms with Gasteiger partial charge < -0.3 is 5.32 Å². The van der Waals surface area contributed by atoms with Crippen LogP contribution in [0.4, 0.5) is 0 Å². The van der Waals surface area contributed by atoms with E-state index in [2.05, 4.69) is 23.9 Å². The highest BCUT2D eigenvalue weighted by Gasteiger charge is 2.55. The van der Waals surface area contributed by atoms with Crippen LogP contribution in [0.5, 0.6) is 0 Å². The summed E-state index contributed by atoms with van der Waals surface area (Å²) in [4.78, 5) is 0.336. The van der Waals surface area contributed by atoms with Crippen molar-refractivity contribution in [3.8, 4) is 0 Å². The van der Waals surface area contributed by atoms with Gasteiger partial charge in [0.2, 0.25) is 10.0 Å². The second-order valence-electron chi connectivity index (χ2n) is 7.59. The molecule has 3 rings (SSSR count). The van der Waals surface area contributed by atoms with Gasteiger partial charge in [-0.3, -0.25) is 0 Å². The fourth-order valence-electron chi connectivity index (χ4n) is 4.73. The van der Waals surface area contributed by atoms with Crippen LogP contribution in [0.3, 0.4) is 0 Å². The lowest BCUT2D eigenvalue weighted by Gasteiger charge is -2.61. The average Bonchev–Trinajstić information content (AvgIpc) is 2.55. The third-order valence-corrected chi connectivity index (χ3v) is 7.42. The predicted molar refractivity (Wildman–Crippen MR) is 92.5 cm³/mol. The molecule has 3 atom stereocenters. The van der Waals surface area contributed by atoms with Gasteiger partial charge in [-0.2, -0.15) is 0 Å². The topological polar surface area (TPSA) is 58.2 Å². The van der Waals surface area contributed by atoms with Crippen LogP contribution >= 0.6 is 0 Å². The number of fused-ring (bicyclic) bond motifs is 1. The van der Waals surface area contributed by atoms with Gasteiger partial charge in [0.05, 0.1) is 4.90 Å². The van der Waals surface area contributed by atoms with Crippen molar-refractivity contribution in [1.29, 1.82) is 0 Å². The first kappa shape index (κ1) is 16.9. The van der Waals surface area contributed by atoms with Crippen LogP contribution in [0.25, 0.3) is 0 Å². The van der Waals surface area contributed by atoms with Crippen molar-refractivity contribution < 1.29 is 8.42 Å². The molecule has 0 spiro atoms. The van der Waals surface area contributed by atoms with Crippen molar-refractivity contribution >= 4 is 10.0 Å². The molecule has 0 heterocycles. The highest BCUT2D eigenvalue weighted by molar-refractivity contribution is 7.89. The summed E-state index contributed by atoms with van der Waals surface area (Å²) < 4.78 is 26.2. The fourth-order valence-corrected chi connectivity index (χ4v) is 5.53. The Morgan fingerprint density at radius 2 is 1.96 bits per heavy atom. The van der Waals surface area contributed by atoms with Gasteiger partial charge in [0.15, 0.2) is 0 Å². The molecule has 0 saturated heterocycles. The monoisotopic (exact) mass is 336 g/mol. The summed E-state index contributed by atoms with van der Waals surface area (Å²) >= 11 is 0. The number of benzene rings is 1. The average molecular weight is 337 g/mol. The Hall–Kier alpha value is -0.910. The molecule has 128 valence electrons. The molecule has 2 aliphatic carbocycles. The molecule has 2 fully saturated rings. The number of hydrogen-bond donors (Lipinski definition) is 2. The van der Waals surface area contributed by atoms with E-state index in [0.717, 1.165) is 23.9 Å². The van der Waals surface area contributed by atoms with Gasteiger partial charge in [0, 0.05) is 12.6 Å². The van der Waals surface area contributed by atoms with Crippen LogP contribution in [0.1, 0.15) is 45.1 Å². The van der Waals surface area contributed by atoms with Gasteiger partial charge in [0.1, 0.15) is 0 Å². The maximum absolute atomic E-state index is 11.9. The molecule has 1 aromatic carbocycles. The van der Waals surface area contributed by atoms with Crippen LogP contribution < -0.4 is 10.0 Å². The van der Waals surface area contributed by atoms with Crippen molar-refractivity contribution in [2.45, 2.75) is 57.0 Å². The zero-order chi connectivity index (χ0) is 16.7. The molecule has 2 N–H and O–H groups in total. The molecule has 0 radical (unpaired) electrons. The molecular weight excluding hydrogens is 308 g/mol. The van der Waals surface area contributed by atoms with Gasteiger partial charge in [-0.1, -0.05) is 38.8 Å². The summed E-state index contributed by atoms with van der Waals surface area (Å²) in [5, 5.41) is 3.71. The third kappa shape index (κ3) is 3.06. The first-order valence-electron chi connectivity index (χ1n) is 8.62. The summed E-state index contributed by atoms with van der Waals surface area (Å²) in [6.07, 6.45) is 5.43. The Morgan fingerprint density at radius 1 is 1.22 bits per heavy atom. The normalized spacial score (nSPS) is 29.6. The minimum Gasteiger partial charge on any atom is -0.309 e. The van der Waals surface area contributed by atoms with E-state index in [1.165, 1.54) is 32.7 Å². The zero-order valence-electron chi connectivity index (χ0n) is 14.3. The largest absolute Gasteiger partial charge is 0.309 e. The molecule has 5 heteroatoms. The van der Waals surface area contributed by atoms with Gasteiger partial charge in [-0.25, -0.2) is 13.1 Å². The van der Waals surface area contributed by atoms with Gasteiger partial charge in [-0.05, 0) is 54.8 Å². The zero-order valence-corrected chi connectivity index (χ0v) is 15.1. The van der Waals surface area contributed by atoms with E-state index in [0.29, 0.717) is 16.4 Å². The second-order valence-corrected chi connectivity index (χ2v) is 9.48. The molecule has 0 aromatic heterocycles. The Bertz CT molecular complexity index is 669. The van der Waals surface area contributed by atoms with E-state index >= 15 is 0 Å². The minimum absolute atomic E-state index is 0.336. The van der Waals surface area contributed by atoms with Gasteiger partial charge in [-0.15, -0.1) is 0 Å². The highest BCUT2D eigenvalue weighted by Crippen LogP contribution is 2.57. The smallest absolute Gasteiger partial charge is 0.240 e. The van der Waals surface area contributed by atoms with Crippen molar-refractivity contribution in [3.63, 3.8) is 0 Å². The van der Waals surface area contributed by atoms with Crippen molar-refractivity contribution in [3.05, 3.63) is 29.8 Å². The molecule has 2 aliphatic rings. The van der Waals surface area contributed by atoms with E-state index < -0.39 is 10.0 Å². The second kappa shape index (κ2) is 6.19. The van der Waals surface area contributed by atoms with E-state index in [1.807, 2.05) is 12.1 Å². The number of nitrogens with one attached hydrogen (secondary N) is 2. The van der Waals surface area contributed by atoms with Crippen molar-refractivity contribution in [2.75, 3.05) is 7.05 Å². The Morgan fingerprint density at radius 3 is 2.70 bits per heavy atom. The lowest BCUT2D eigenvalue weighted by Crippen LogP contribution is -2.64. The molecule has 2 saturated carbocycles. The molecule has 23 heavy (non-hydrogen) atoms. The lowest BCUT2D eigenvalue weighted by atomic mass is 9.48. The lowest BCUT2D eigenvalue weighted by molar-refractivity contribution is -0.0882. The first-order valence-corrected chi connectivity index (χ1v) is 10.1. The van der Waals surface area contributed by atoms with Crippen LogP contribution in [-0.2, 0) is 16.6 Å². The molecule has 4 nitrogen and oxygen atoms in total. The van der Waals surface area contributed by atoms with Crippen LogP contribution in [0.15, 0.2) is 29.2 Å². The van der Waals surface area contributed by atoms with Gasteiger partial charge >= 0.3 is 0 Å². The SMILES string of the molecule is CNS(=O)(=O)c1cccc(CN[C@H]2[C@@H]3CCCC[C@@H]3C2(C)C)c1. The molecule has 0 amide bonds. The Balaban J connectivity index is 1.68. The maximum atomic E-state index is 11.9. The third-order valence-electron chi connectivity index (χ3n) is 6.01. The minimum atomic E-state index is -3.37. The van der Waals surface area contributed by atoms with E-state index in [4.69, 9.17) is 0 Å². The van der Waals surface area contributed by atoms with Crippen molar-refractivity contribution in [1.82, 2.24) is 10.0 Å². The van der Waals surface area contributed by atoms with E-state index in [9.17, 15) is 8.42 Å². The Labute approximate surface area is 140 Å². The first-order chi connectivity index (χ1) is 10.9. The van der Waals surface area contributed by atoms with E-state index in [1.54, 1.807) is 12.1 Å². The standard InChI is InChI=1S/C18H28N2O2S/c1-18(2)16-10-5-4-9-15(16)17(18)20-12-13-7-6-8-14(11-13)23(21,22)19-3/h6-8,11,15-17,19-20H,4-5,9-10,12H2,1-3H3/t15-,16+,17+/m1/s1. The number of sulfonamides is 1. The molecular formula is C18H28N2O2S. The van der Waals surface area contributed by atoms with Gasteiger partial charge in [0.25, 0.3) is 0 Å². The number of hydrogen-bond acceptors (Lipinski definition) is 3. The van der Waals surface area contributed by atoms with Crippen LogP contribution in [-0.4, -0.2) is 21.5 Å². The summed E-state index contributed by atoms with van der Waals surface area (Å²) in [6, 6.07) is 7.75. The summed E-state index contributed by atoms with van der Waals surface area (Å²) in [5.41, 5.74) is 1.37. The molecule has 0 aliphatic heterocycles. The summed E-state index contributed by atoms with van der Waals surface area (Å²) in [6.45, 7) is 5.47. The summed E-state index contributed by atoms with van der Waals surface area (Å²) in [5.74, 6) is 1.65. The van der Waals surface area contributed by atoms with Crippen LogP contribution in [0.2, 0.25) is 0 Å².